The molecule has 0 bridgehead atoms. The Labute approximate surface area is 103 Å². The number of aliphatic hydroxyl groups excluding tert-OH is 1. The van der Waals surface area contributed by atoms with Gasteiger partial charge in [-0.25, -0.2) is 0 Å². The summed E-state index contributed by atoms with van der Waals surface area (Å²) in [5.74, 6) is 0.526. The molecule has 1 N–H and O–H groups in total. The molecular weight excluding hydrogens is 247 g/mol. The minimum absolute atomic E-state index is 0.419. The Kier molecular flexibility index (Phi) is 3.24. The number of furan rings is 1. The highest BCUT2D eigenvalue weighted by Gasteiger charge is 2.16. The van der Waals surface area contributed by atoms with Crippen molar-refractivity contribution in [3.05, 3.63) is 57.5 Å². The largest absolute Gasteiger partial charge is 0.466 e. The van der Waals surface area contributed by atoms with E-state index in [2.05, 4.69) is 0 Å². The van der Waals surface area contributed by atoms with Crippen molar-refractivity contribution in [2.75, 3.05) is 0 Å². The van der Waals surface area contributed by atoms with E-state index in [0.717, 1.165) is 5.56 Å². The Balaban J connectivity index is 2.38. The third kappa shape index (κ3) is 2.09. The lowest BCUT2D eigenvalue weighted by Gasteiger charge is -2.10. The highest BCUT2D eigenvalue weighted by molar-refractivity contribution is 6.42. The van der Waals surface area contributed by atoms with Gasteiger partial charge in [0.25, 0.3) is 0 Å². The first-order chi connectivity index (χ1) is 7.59. The lowest BCUT2D eigenvalue weighted by molar-refractivity contribution is 0.188. The molecule has 0 saturated heterocycles. The molecule has 1 atom stereocenters. The highest BCUT2D eigenvalue weighted by atomic mass is 35.5. The van der Waals surface area contributed by atoms with E-state index in [-0.39, 0.29) is 0 Å². The topological polar surface area (TPSA) is 33.4 Å². The van der Waals surface area contributed by atoms with Gasteiger partial charge in [-0.3, -0.25) is 0 Å². The fourth-order valence-corrected chi connectivity index (χ4v) is 1.80. The van der Waals surface area contributed by atoms with Gasteiger partial charge >= 0.3 is 0 Å². The Hall–Kier alpha value is -0.960. The van der Waals surface area contributed by atoms with Gasteiger partial charge in [0.15, 0.2) is 0 Å². The van der Waals surface area contributed by atoms with Gasteiger partial charge in [-0.1, -0.05) is 29.3 Å². The average Bonchev–Trinajstić information content (AvgIpc) is 2.67. The summed E-state index contributed by atoms with van der Waals surface area (Å²) in [6, 6.07) is 6.81. The molecule has 1 aromatic heterocycles. The van der Waals surface area contributed by atoms with E-state index in [0.29, 0.717) is 21.4 Å². The first-order valence-electron chi connectivity index (χ1n) is 4.76. The Morgan fingerprint density at radius 2 is 1.94 bits per heavy atom. The molecule has 16 heavy (non-hydrogen) atoms. The average molecular weight is 257 g/mol. The minimum Gasteiger partial charge on any atom is -0.466 e. The first-order valence-corrected chi connectivity index (χ1v) is 5.52. The second kappa shape index (κ2) is 4.50. The van der Waals surface area contributed by atoms with E-state index in [1.54, 1.807) is 30.5 Å². The molecule has 0 saturated carbocycles. The maximum atomic E-state index is 10.1. The molecule has 1 heterocycles. The van der Waals surface area contributed by atoms with Gasteiger partial charge < -0.3 is 9.52 Å². The number of aliphatic hydroxyl groups is 1. The number of hydrogen-bond acceptors (Lipinski definition) is 2. The lowest BCUT2D eigenvalue weighted by atomic mass is 10.1. The van der Waals surface area contributed by atoms with Crippen LogP contribution in [0.1, 0.15) is 23.0 Å². The van der Waals surface area contributed by atoms with Crippen LogP contribution in [0.25, 0.3) is 0 Å². The van der Waals surface area contributed by atoms with Gasteiger partial charge in [0.1, 0.15) is 11.9 Å². The van der Waals surface area contributed by atoms with E-state index in [4.69, 9.17) is 27.6 Å². The summed E-state index contributed by atoms with van der Waals surface area (Å²) in [4.78, 5) is 0. The zero-order valence-electron chi connectivity index (χ0n) is 8.58. The summed E-state index contributed by atoms with van der Waals surface area (Å²) < 4.78 is 5.22. The third-order valence-electron chi connectivity index (χ3n) is 2.41. The van der Waals surface area contributed by atoms with Crippen LogP contribution in [0.3, 0.4) is 0 Å². The molecule has 0 radical (unpaired) electrons. The highest BCUT2D eigenvalue weighted by Crippen LogP contribution is 2.30. The van der Waals surface area contributed by atoms with Crippen molar-refractivity contribution in [1.29, 1.82) is 0 Å². The molecule has 2 nitrogen and oxygen atoms in total. The molecule has 1 unspecified atom stereocenters. The Morgan fingerprint density at radius 3 is 2.50 bits per heavy atom. The van der Waals surface area contributed by atoms with Crippen molar-refractivity contribution in [3.63, 3.8) is 0 Å². The van der Waals surface area contributed by atoms with Crippen LogP contribution < -0.4 is 0 Å². The molecule has 0 aliphatic heterocycles. The van der Waals surface area contributed by atoms with Crippen molar-refractivity contribution in [3.8, 4) is 0 Å². The number of hydrogen-bond donors (Lipinski definition) is 1. The first kappa shape index (κ1) is 11.5. The van der Waals surface area contributed by atoms with Crippen LogP contribution in [0, 0.1) is 6.92 Å². The fourth-order valence-electron chi connectivity index (χ4n) is 1.50. The number of halogens is 2. The quantitative estimate of drug-likeness (QED) is 0.882. The standard InChI is InChI=1S/C12H10Cl2O2/c1-7-4-5-16-12(7)11(15)8-2-3-9(13)10(14)6-8/h2-6,11,15H,1H3. The maximum absolute atomic E-state index is 10.1. The molecule has 84 valence electrons. The van der Waals surface area contributed by atoms with Crippen LogP contribution in [0.4, 0.5) is 0 Å². The summed E-state index contributed by atoms with van der Waals surface area (Å²) in [6.45, 7) is 1.87. The minimum atomic E-state index is -0.815. The molecule has 0 fully saturated rings. The van der Waals surface area contributed by atoms with Crippen LogP contribution in [-0.2, 0) is 0 Å². The zero-order chi connectivity index (χ0) is 11.7. The zero-order valence-corrected chi connectivity index (χ0v) is 10.1. The van der Waals surface area contributed by atoms with E-state index < -0.39 is 6.10 Å². The second-order valence-electron chi connectivity index (χ2n) is 3.54. The maximum Gasteiger partial charge on any atom is 0.139 e. The molecule has 0 aliphatic rings. The van der Waals surface area contributed by atoms with Crippen LogP contribution >= 0.6 is 23.2 Å². The van der Waals surface area contributed by atoms with Gasteiger partial charge in [0.2, 0.25) is 0 Å². The van der Waals surface area contributed by atoms with Crippen LogP contribution in [0.2, 0.25) is 10.0 Å². The lowest BCUT2D eigenvalue weighted by Crippen LogP contribution is -1.99. The van der Waals surface area contributed by atoms with Crippen molar-refractivity contribution < 1.29 is 9.52 Å². The Bertz CT molecular complexity index is 505. The predicted molar refractivity (Wildman–Crippen MR) is 64.0 cm³/mol. The van der Waals surface area contributed by atoms with E-state index in [1.165, 1.54) is 0 Å². The van der Waals surface area contributed by atoms with E-state index >= 15 is 0 Å². The molecule has 2 rings (SSSR count). The molecule has 0 spiro atoms. The van der Waals surface area contributed by atoms with Gasteiger partial charge in [0.05, 0.1) is 16.3 Å². The van der Waals surface area contributed by atoms with Crippen LogP contribution in [0.5, 0.6) is 0 Å². The van der Waals surface area contributed by atoms with Crippen LogP contribution in [-0.4, -0.2) is 5.11 Å². The Morgan fingerprint density at radius 1 is 1.19 bits per heavy atom. The number of aryl methyl sites for hydroxylation is 1. The fraction of sp³-hybridized carbons (Fsp3) is 0.167. The summed E-state index contributed by atoms with van der Waals surface area (Å²) in [7, 11) is 0. The van der Waals surface area contributed by atoms with Gasteiger partial charge in [0, 0.05) is 0 Å². The smallest absolute Gasteiger partial charge is 0.139 e. The summed E-state index contributed by atoms with van der Waals surface area (Å²) in [6.07, 6.45) is 0.732. The van der Waals surface area contributed by atoms with E-state index in [9.17, 15) is 5.11 Å². The summed E-state index contributed by atoms with van der Waals surface area (Å²) >= 11 is 11.7. The predicted octanol–water partition coefficient (Wildman–Crippen LogP) is 3.98. The third-order valence-corrected chi connectivity index (χ3v) is 3.15. The number of benzene rings is 1. The van der Waals surface area contributed by atoms with Gasteiger partial charge in [-0.2, -0.15) is 0 Å². The normalized spacial score (nSPS) is 12.8. The molecule has 0 amide bonds. The van der Waals surface area contributed by atoms with Gasteiger partial charge in [-0.05, 0) is 36.2 Å². The SMILES string of the molecule is Cc1ccoc1C(O)c1ccc(Cl)c(Cl)c1. The summed E-state index contributed by atoms with van der Waals surface area (Å²) in [5, 5.41) is 11.0. The van der Waals surface area contributed by atoms with Crippen molar-refractivity contribution in [1.82, 2.24) is 0 Å². The molecule has 4 heteroatoms. The van der Waals surface area contributed by atoms with E-state index in [1.807, 2.05) is 6.92 Å². The number of rotatable bonds is 2. The molecule has 1 aromatic carbocycles. The van der Waals surface area contributed by atoms with Crippen molar-refractivity contribution in [2.24, 2.45) is 0 Å². The second-order valence-corrected chi connectivity index (χ2v) is 4.36. The molecule has 2 aromatic rings. The van der Waals surface area contributed by atoms with Crippen LogP contribution in [0.15, 0.2) is 34.9 Å². The molecular formula is C12H10Cl2O2. The van der Waals surface area contributed by atoms with Crippen molar-refractivity contribution >= 4 is 23.2 Å². The summed E-state index contributed by atoms with van der Waals surface area (Å²) in [5.41, 5.74) is 1.56. The van der Waals surface area contributed by atoms with Crippen molar-refractivity contribution in [2.45, 2.75) is 13.0 Å². The monoisotopic (exact) mass is 256 g/mol. The molecule has 0 aliphatic carbocycles. The van der Waals surface area contributed by atoms with Gasteiger partial charge in [-0.15, -0.1) is 0 Å².